The van der Waals surface area contributed by atoms with Crippen molar-refractivity contribution < 1.29 is 4.79 Å². The standard InChI is InChI=1S/C21H23N5O2/c1-25-19-18(20(27)24-25)14(9-17(23-19)13-7-8-13)21(28)26-10-15(16(22)11-26)12-5-3-2-4-6-12/h2-6,9,13,15-16H,7-8,10-11,22H2,1H3,(H,24,27)/t15-,16+/m0/s1. The van der Waals surface area contributed by atoms with Crippen LogP contribution in [0.5, 0.6) is 0 Å². The molecule has 1 amide bonds. The molecule has 5 rings (SSSR count). The second-order valence-corrected chi connectivity index (χ2v) is 7.96. The average Bonchev–Trinajstić information content (AvgIpc) is 3.42. The summed E-state index contributed by atoms with van der Waals surface area (Å²) >= 11 is 0. The fourth-order valence-electron chi connectivity index (χ4n) is 4.25. The van der Waals surface area contributed by atoms with Gasteiger partial charge in [0.25, 0.3) is 11.5 Å². The van der Waals surface area contributed by atoms with E-state index in [1.807, 2.05) is 24.3 Å². The third kappa shape index (κ3) is 2.74. The predicted molar refractivity (Wildman–Crippen MR) is 106 cm³/mol. The van der Waals surface area contributed by atoms with Crippen molar-refractivity contribution in [2.45, 2.75) is 30.7 Å². The molecule has 2 fully saturated rings. The summed E-state index contributed by atoms with van der Waals surface area (Å²) in [6, 6.07) is 11.8. The van der Waals surface area contributed by atoms with Crippen LogP contribution in [0.1, 0.15) is 46.3 Å². The number of likely N-dealkylation sites (tertiary alicyclic amines) is 1. The van der Waals surface area contributed by atoms with Crippen molar-refractivity contribution in [1.29, 1.82) is 0 Å². The maximum Gasteiger partial charge on any atom is 0.274 e. The highest BCUT2D eigenvalue weighted by molar-refractivity contribution is 6.05. The summed E-state index contributed by atoms with van der Waals surface area (Å²) in [5.41, 5.74) is 9.11. The van der Waals surface area contributed by atoms with Crippen molar-refractivity contribution in [2.24, 2.45) is 12.8 Å². The largest absolute Gasteiger partial charge is 0.336 e. The van der Waals surface area contributed by atoms with Gasteiger partial charge in [0.05, 0.1) is 10.9 Å². The molecule has 144 valence electrons. The van der Waals surface area contributed by atoms with E-state index in [1.54, 1.807) is 16.6 Å². The van der Waals surface area contributed by atoms with Crippen LogP contribution in [0.15, 0.2) is 41.2 Å². The number of aromatic amines is 1. The molecule has 7 nitrogen and oxygen atoms in total. The lowest BCUT2D eigenvalue weighted by Crippen LogP contribution is -2.32. The molecular weight excluding hydrogens is 354 g/mol. The SMILES string of the molecule is Cn1[nH]c(=O)c2c(C(=O)N3C[C@@H](N)[C@H](c4ccccc4)C3)cc(C3CC3)nc21. The van der Waals surface area contributed by atoms with Gasteiger partial charge in [-0.2, -0.15) is 0 Å². The first-order valence-electron chi connectivity index (χ1n) is 9.72. The number of carbonyl (C=O) groups excluding carboxylic acids is 1. The molecule has 0 bridgehead atoms. The summed E-state index contributed by atoms with van der Waals surface area (Å²) in [5, 5.41) is 3.10. The van der Waals surface area contributed by atoms with Crippen molar-refractivity contribution in [3.05, 3.63) is 63.6 Å². The number of nitrogens with two attached hydrogens (primary N) is 1. The van der Waals surface area contributed by atoms with Crippen LogP contribution in [0.25, 0.3) is 11.0 Å². The maximum atomic E-state index is 13.4. The number of pyridine rings is 1. The van der Waals surface area contributed by atoms with E-state index in [-0.39, 0.29) is 23.4 Å². The lowest BCUT2D eigenvalue weighted by Gasteiger charge is -2.17. The van der Waals surface area contributed by atoms with Gasteiger partial charge in [0, 0.05) is 43.7 Å². The van der Waals surface area contributed by atoms with Crippen molar-refractivity contribution in [3.63, 3.8) is 0 Å². The van der Waals surface area contributed by atoms with Crippen molar-refractivity contribution in [1.82, 2.24) is 19.7 Å². The average molecular weight is 377 g/mol. The minimum atomic E-state index is -0.279. The number of nitrogens with one attached hydrogen (secondary N) is 1. The van der Waals surface area contributed by atoms with Gasteiger partial charge >= 0.3 is 0 Å². The molecule has 2 atom stereocenters. The van der Waals surface area contributed by atoms with Crippen molar-refractivity contribution in [3.8, 4) is 0 Å². The van der Waals surface area contributed by atoms with Crippen LogP contribution < -0.4 is 11.3 Å². The van der Waals surface area contributed by atoms with Crippen molar-refractivity contribution >= 4 is 16.9 Å². The molecule has 3 heterocycles. The van der Waals surface area contributed by atoms with Gasteiger partial charge in [-0.25, -0.2) is 4.98 Å². The minimum absolute atomic E-state index is 0.0967. The van der Waals surface area contributed by atoms with E-state index < -0.39 is 0 Å². The maximum absolute atomic E-state index is 13.4. The Morgan fingerprint density at radius 2 is 1.96 bits per heavy atom. The lowest BCUT2D eigenvalue weighted by molar-refractivity contribution is 0.0791. The van der Waals surface area contributed by atoms with Crippen LogP contribution in [0.2, 0.25) is 0 Å². The number of aryl methyl sites for hydroxylation is 1. The van der Waals surface area contributed by atoms with Crippen LogP contribution in [0.3, 0.4) is 0 Å². The number of hydrogen-bond acceptors (Lipinski definition) is 4. The summed E-state index contributed by atoms with van der Waals surface area (Å²) in [6.07, 6.45) is 2.16. The number of carbonyl (C=O) groups is 1. The van der Waals surface area contributed by atoms with E-state index in [2.05, 4.69) is 22.2 Å². The van der Waals surface area contributed by atoms with Gasteiger partial charge in [-0.1, -0.05) is 30.3 Å². The van der Waals surface area contributed by atoms with Crippen LogP contribution in [0, 0.1) is 0 Å². The van der Waals surface area contributed by atoms with Gasteiger partial charge in [0.1, 0.15) is 0 Å². The van der Waals surface area contributed by atoms with Gasteiger partial charge in [0.2, 0.25) is 0 Å². The lowest BCUT2D eigenvalue weighted by atomic mass is 9.95. The molecule has 7 heteroatoms. The number of nitrogens with zero attached hydrogens (tertiary/aromatic N) is 3. The van der Waals surface area contributed by atoms with Gasteiger partial charge in [-0.05, 0) is 24.5 Å². The molecule has 1 aliphatic heterocycles. The third-order valence-electron chi connectivity index (χ3n) is 5.94. The van der Waals surface area contributed by atoms with E-state index in [9.17, 15) is 9.59 Å². The molecule has 1 aliphatic carbocycles. The summed E-state index contributed by atoms with van der Waals surface area (Å²) < 4.78 is 1.60. The second-order valence-electron chi connectivity index (χ2n) is 7.96. The molecule has 1 saturated carbocycles. The summed E-state index contributed by atoms with van der Waals surface area (Å²) in [4.78, 5) is 32.3. The molecule has 3 N–H and O–H groups in total. The van der Waals surface area contributed by atoms with E-state index in [0.29, 0.717) is 35.6 Å². The number of amides is 1. The number of benzene rings is 1. The quantitative estimate of drug-likeness (QED) is 0.726. The van der Waals surface area contributed by atoms with Crippen LogP contribution in [0.4, 0.5) is 0 Å². The van der Waals surface area contributed by atoms with E-state index in [0.717, 1.165) is 24.1 Å². The smallest absolute Gasteiger partial charge is 0.274 e. The molecule has 1 aromatic carbocycles. The Labute approximate surface area is 162 Å². The first-order chi connectivity index (χ1) is 13.5. The van der Waals surface area contributed by atoms with Gasteiger partial charge in [0.15, 0.2) is 5.65 Å². The topological polar surface area (TPSA) is 97.0 Å². The summed E-state index contributed by atoms with van der Waals surface area (Å²) in [6.45, 7) is 1.03. The second kappa shape index (κ2) is 6.31. The number of rotatable bonds is 3. The molecule has 0 unspecified atom stereocenters. The highest BCUT2D eigenvalue weighted by atomic mass is 16.2. The Kier molecular flexibility index (Phi) is 3.87. The van der Waals surface area contributed by atoms with E-state index >= 15 is 0 Å². The summed E-state index contributed by atoms with van der Waals surface area (Å²) in [5.74, 6) is 0.346. The monoisotopic (exact) mass is 377 g/mol. The molecule has 2 aromatic heterocycles. The zero-order valence-electron chi connectivity index (χ0n) is 15.8. The van der Waals surface area contributed by atoms with Crippen LogP contribution >= 0.6 is 0 Å². The summed E-state index contributed by atoms with van der Waals surface area (Å²) in [7, 11) is 1.75. The Morgan fingerprint density at radius 3 is 2.68 bits per heavy atom. The molecular formula is C21H23N5O2. The fraction of sp³-hybridized carbons (Fsp3) is 0.381. The van der Waals surface area contributed by atoms with Crippen molar-refractivity contribution in [2.75, 3.05) is 13.1 Å². The highest BCUT2D eigenvalue weighted by Gasteiger charge is 2.36. The first kappa shape index (κ1) is 17.2. The Balaban J connectivity index is 1.53. The zero-order valence-corrected chi connectivity index (χ0v) is 15.8. The Bertz CT molecular complexity index is 1110. The minimum Gasteiger partial charge on any atom is -0.336 e. The third-order valence-corrected chi connectivity index (χ3v) is 5.94. The van der Waals surface area contributed by atoms with Gasteiger partial charge in [-0.3, -0.25) is 19.4 Å². The Hall–Kier alpha value is -2.93. The molecule has 3 aromatic rings. The number of H-pyrrole nitrogens is 1. The van der Waals surface area contributed by atoms with Crippen LogP contribution in [-0.4, -0.2) is 44.7 Å². The molecule has 2 aliphatic rings. The molecule has 28 heavy (non-hydrogen) atoms. The first-order valence-corrected chi connectivity index (χ1v) is 9.72. The number of hydrogen-bond donors (Lipinski definition) is 2. The fourth-order valence-corrected chi connectivity index (χ4v) is 4.25. The number of fused-ring (bicyclic) bond motifs is 1. The van der Waals surface area contributed by atoms with E-state index in [4.69, 9.17) is 5.73 Å². The van der Waals surface area contributed by atoms with E-state index in [1.165, 1.54) is 0 Å². The predicted octanol–water partition coefficient (Wildman–Crippen LogP) is 1.71. The van der Waals surface area contributed by atoms with Gasteiger partial charge in [-0.15, -0.1) is 0 Å². The molecule has 0 spiro atoms. The highest BCUT2D eigenvalue weighted by Crippen LogP contribution is 2.40. The van der Waals surface area contributed by atoms with Crippen LogP contribution in [-0.2, 0) is 7.05 Å². The Morgan fingerprint density at radius 1 is 1.21 bits per heavy atom. The number of aromatic nitrogens is 3. The van der Waals surface area contributed by atoms with Gasteiger partial charge < -0.3 is 10.6 Å². The molecule has 1 saturated heterocycles. The normalized spacial score (nSPS) is 22.1. The molecule has 0 radical (unpaired) electrons. The zero-order chi connectivity index (χ0) is 19.4.